The first kappa shape index (κ1) is 20.7. The summed E-state index contributed by atoms with van der Waals surface area (Å²) in [5, 5.41) is 3.39. The number of urea groups is 1. The van der Waals surface area contributed by atoms with E-state index in [-0.39, 0.29) is 11.1 Å². The maximum Gasteiger partial charge on any atom is 0.321 e. The molecule has 2 heterocycles. The van der Waals surface area contributed by atoms with Gasteiger partial charge in [-0.05, 0) is 36.1 Å². The molecule has 0 bridgehead atoms. The lowest BCUT2D eigenvalue weighted by Gasteiger charge is -2.27. The minimum Gasteiger partial charge on any atom is -0.368 e. The fraction of sp³-hybridized carbons (Fsp3) is 0.400. The molecule has 28 heavy (non-hydrogen) atoms. The fourth-order valence-corrected chi connectivity index (χ4v) is 3.79. The molecule has 3 rings (SSSR count). The van der Waals surface area contributed by atoms with E-state index in [1.54, 1.807) is 11.1 Å². The number of hydrogen-bond acceptors (Lipinski definition) is 3. The number of aromatic nitrogens is 1. The lowest BCUT2D eigenvalue weighted by Crippen LogP contribution is -2.38. The van der Waals surface area contributed by atoms with Gasteiger partial charge in [0.1, 0.15) is 5.82 Å². The highest BCUT2D eigenvalue weighted by Crippen LogP contribution is 2.34. The van der Waals surface area contributed by atoms with Gasteiger partial charge in [-0.15, -0.1) is 0 Å². The number of carbonyl (C=O) groups is 1. The second-order valence-corrected chi connectivity index (χ2v) is 7.91. The third-order valence-electron chi connectivity index (χ3n) is 4.79. The van der Waals surface area contributed by atoms with Gasteiger partial charge in [-0.2, -0.15) is 0 Å². The van der Waals surface area contributed by atoms with Gasteiger partial charge in [-0.1, -0.05) is 37.0 Å². The first-order valence-electron chi connectivity index (χ1n) is 9.26. The van der Waals surface area contributed by atoms with E-state index in [9.17, 15) is 9.18 Å². The Hall–Kier alpha value is -2.05. The molecule has 1 aliphatic rings. The zero-order valence-electron chi connectivity index (χ0n) is 15.9. The van der Waals surface area contributed by atoms with Crippen LogP contribution >= 0.6 is 23.2 Å². The van der Waals surface area contributed by atoms with Gasteiger partial charge in [0, 0.05) is 44.3 Å². The van der Waals surface area contributed by atoms with Crippen LogP contribution in [0.25, 0.3) is 0 Å². The van der Waals surface area contributed by atoms with Crippen molar-refractivity contribution in [2.75, 3.05) is 36.4 Å². The van der Waals surface area contributed by atoms with Crippen LogP contribution in [0.1, 0.15) is 31.7 Å². The molecule has 1 saturated heterocycles. The molecule has 1 aliphatic heterocycles. The molecule has 150 valence electrons. The molecule has 1 fully saturated rings. The number of nitrogens with one attached hydrogen (secondary N) is 1. The van der Waals surface area contributed by atoms with Crippen molar-refractivity contribution in [3.8, 4) is 0 Å². The predicted octanol–water partition coefficient (Wildman–Crippen LogP) is 5.40. The first-order chi connectivity index (χ1) is 13.4. The van der Waals surface area contributed by atoms with Gasteiger partial charge >= 0.3 is 6.03 Å². The highest BCUT2D eigenvalue weighted by atomic mass is 35.5. The molecule has 1 aromatic heterocycles. The number of anilines is 2. The molecule has 2 aromatic rings. The number of benzene rings is 1. The normalized spacial score (nSPS) is 14.9. The van der Waals surface area contributed by atoms with Crippen LogP contribution in [0.2, 0.25) is 10.0 Å². The molecule has 0 saturated carbocycles. The summed E-state index contributed by atoms with van der Waals surface area (Å²) < 4.78 is 13.3. The second-order valence-electron chi connectivity index (χ2n) is 7.10. The minimum absolute atomic E-state index is 0.0200. The predicted molar refractivity (Wildman–Crippen MR) is 112 cm³/mol. The highest BCUT2D eigenvalue weighted by molar-refractivity contribution is 6.33. The third kappa shape index (κ3) is 4.67. The Morgan fingerprint density at radius 1 is 1.14 bits per heavy atom. The Bertz CT molecular complexity index is 862. The Morgan fingerprint density at radius 2 is 1.93 bits per heavy atom. The number of halogens is 3. The SMILES string of the molecule is CC(C)c1cncc(Cl)c1N1CCCN(C(=O)Nc2ccc(F)c(Cl)c2)CC1. The quantitative estimate of drug-likeness (QED) is 0.717. The topological polar surface area (TPSA) is 48.5 Å². The van der Waals surface area contributed by atoms with Crippen LogP contribution in [0.3, 0.4) is 0 Å². The zero-order valence-corrected chi connectivity index (χ0v) is 17.4. The summed E-state index contributed by atoms with van der Waals surface area (Å²) in [5.41, 5.74) is 2.57. The van der Waals surface area contributed by atoms with Crippen molar-refractivity contribution >= 4 is 40.6 Å². The van der Waals surface area contributed by atoms with Crippen LogP contribution in [0.15, 0.2) is 30.6 Å². The van der Waals surface area contributed by atoms with Gasteiger partial charge in [0.15, 0.2) is 0 Å². The van der Waals surface area contributed by atoms with Crippen molar-refractivity contribution in [2.45, 2.75) is 26.2 Å². The van der Waals surface area contributed by atoms with E-state index in [1.807, 2.05) is 6.20 Å². The highest BCUT2D eigenvalue weighted by Gasteiger charge is 2.23. The number of carbonyl (C=O) groups excluding carboxylic acids is 1. The molecule has 1 N–H and O–H groups in total. The molecule has 0 aliphatic carbocycles. The molecule has 1 aromatic carbocycles. The van der Waals surface area contributed by atoms with E-state index in [0.29, 0.717) is 36.3 Å². The van der Waals surface area contributed by atoms with Gasteiger partial charge in [0.2, 0.25) is 0 Å². The van der Waals surface area contributed by atoms with Crippen LogP contribution < -0.4 is 10.2 Å². The monoisotopic (exact) mass is 424 g/mol. The Kier molecular flexibility index (Phi) is 6.62. The van der Waals surface area contributed by atoms with Crippen molar-refractivity contribution in [3.05, 3.63) is 52.0 Å². The van der Waals surface area contributed by atoms with E-state index < -0.39 is 5.82 Å². The van der Waals surface area contributed by atoms with Gasteiger partial charge < -0.3 is 15.1 Å². The molecule has 0 radical (unpaired) electrons. The van der Waals surface area contributed by atoms with Gasteiger partial charge in [-0.25, -0.2) is 9.18 Å². The lowest BCUT2D eigenvalue weighted by molar-refractivity contribution is 0.215. The Balaban J connectivity index is 1.70. The molecule has 0 unspecified atom stereocenters. The molecule has 0 spiro atoms. The van der Waals surface area contributed by atoms with Gasteiger partial charge in [-0.3, -0.25) is 4.98 Å². The first-order valence-corrected chi connectivity index (χ1v) is 10.0. The van der Waals surface area contributed by atoms with Crippen molar-refractivity contribution in [2.24, 2.45) is 0 Å². The largest absolute Gasteiger partial charge is 0.368 e. The van der Waals surface area contributed by atoms with Crippen LogP contribution in [-0.2, 0) is 0 Å². The third-order valence-corrected chi connectivity index (χ3v) is 5.36. The molecular weight excluding hydrogens is 402 g/mol. The summed E-state index contributed by atoms with van der Waals surface area (Å²) in [4.78, 5) is 20.8. The molecule has 2 amide bonds. The maximum absolute atomic E-state index is 13.3. The van der Waals surface area contributed by atoms with Crippen LogP contribution in [-0.4, -0.2) is 42.1 Å². The summed E-state index contributed by atoms with van der Waals surface area (Å²) >= 11 is 12.2. The zero-order chi connectivity index (χ0) is 20.3. The van der Waals surface area contributed by atoms with E-state index in [0.717, 1.165) is 24.2 Å². The number of pyridine rings is 1. The second kappa shape index (κ2) is 8.97. The van der Waals surface area contributed by atoms with Crippen molar-refractivity contribution in [3.63, 3.8) is 0 Å². The van der Waals surface area contributed by atoms with Gasteiger partial charge in [0.25, 0.3) is 0 Å². The smallest absolute Gasteiger partial charge is 0.321 e. The van der Waals surface area contributed by atoms with E-state index in [4.69, 9.17) is 23.2 Å². The molecule has 5 nitrogen and oxygen atoms in total. The fourth-order valence-electron chi connectivity index (χ4n) is 3.32. The van der Waals surface area contributed by atoms with E-state index in [2.05, 4.69) is 29.0 Å². The van der Waals surface area contributed by atoms with Crippen LogP contribution in [0.5, 0.6) is 0 Å². The van der Waals surface area contributed by atoms with Crippen molar-refractivity contribution < 1.29 is 9.18 Å². The minimum atomic E-state index is -0.514. The van der Waals surface area contributed by atoms with Crippen LogP contribution in [0, 0.1) is 5.82 Å². The van der Waals surface area contributed by atoms with E-state index in [1.165, 1.54) is 18.2 Å². The van der Waals surface area contributed by atoms with Crippen molar-refractivity contribution in [1.29, 1.82) is 0 Å². The average molecular weight is 425 g/mol. The number of amides is 2. The van der Waals surface area contributed by atoms with Crippen LogP contribution in [0.4, 0.5) is 20.6 Å². The summed E-state index contributed by atoms with van der Waals surface area (Å²) in [6, 6.07) is 3.91. The maximum atomic E-state index is 13.3. The number of nitrogens with zero attached hydrogens (tertiary/aromatic N) is 3. The summed E-state index contributed by atoms with van der Waals surface area (Å²) in [7, 11) is 0. The Labute approximate surface area is 174 Å². The molecule has 8 heteroatoms. The number of hydrogen-bond donors (Lipinski definition) is 1. The van der Waals surface area contributed by atoms with E-state index >= 15 is 0 Å². The average Bonchev–Trinajstić information content (AvgIpc) is 2.90. The standard InChI is InChI=1S/C20H23Cl2FN4O/c1-13(2)15-11-24-12-17(22)19(15)26-6-3-7-27(9-8-26)20(28)25-14-4-5-18(23)16(21)10-14/h4-5,10-13H,3,6-9H2,1-2H3,(H,25,28). The Morgan fingerprint density at radius 3 is 2.64 bits per heavy atom. The number of rotatable bonds is 3. The summed E-state index contributed by atoms with van der Waals surface area (Å²) in [5.74, 6) is -0.215. The summed E-state index contributed by atoms with van der Waals surface area (Å²) in [6.45, 7) is 6.87. The summed E-state index contributed by atoms with van der Waals surface area (Å²) in [6.07, 6.45) is 4.34. The lowest BCUT2D eigenvalue weighted by atomic mass is 10.0. The molecular formula is C20H23Cl2FN4O. The van der Waals surface area contributed by atoms with Gasteiger partial charge in [0.05, 0.1) is 15.7 Å². The molecule has 0 atom stereocenters. The van der Waals surface area contributed by atoms with Crippen molar-refractivity contribution in [1.82, 2.24) is 9.88 Å².